The summed E-state index contributed by atoms with van der Waals surface area (Å²) < 4.78 is 8.71. The van der Waals surface area contributed by atoms with Gasteiger partial charge in [-0.2, -0.15) is 0 Å². The van der Waals surface area contributed by atoms with Gasteiger partial charge >= 0.3 is 0 Å². The predicted octanol–water partition coefficient (Wildman–Crippen LogP) is 16.3. The maximum absolute atomic E-state index is 6.31. The minimum Gasteiger partial charge on any atom is -0.456 e. The van der Waals surface area contributed by atoms with E-state index in [4.69, 9.17) is 4.42 Å². The second kappa shape index (κ2) is 14.3. The highest BCUT2D eigenvalue weighted by Crippen LogP contribution is 2.46. The van der Waals surface area contributed by atoms with E-state index in [0.717, 1.165) is 72.5 Å². The number of furan rings is 1. The third-order valence-corrected chi connectivity index (χ3v) is 12.2. The number of para-hydroxylation sites is 3. The van der Waals surface area contributed by atoms with Gasteiger partial charge in [0.05, 0.1) is 16.7 Å². The van der Waals surface area contributed by atoms with Crippen LogP contribution in [0.4, 0.5) is 17.1 Å². The van der Waals surface area contributed by atoms with Crippen LogP contribution in [0.25, 0.3) is 93.6 Å². The molecule has 10 aromatic carbocycles. The van der Waals surface area contributed by atoms with Gasteiger partial charge in [-0.15, -0.1) is 0 Å². The Hall–Kier alpha value is -8.14. The number of anilines is 3. The van der Waals surface area contributed by atoms with Crippen molar-refractivity contribution in [3.8, 4) is 39.1 Å². The molecule has 3 nitrogen and oxygen atoms in total. The minimum atomic E-state index is 0.893. The Kier molecular flexibility index (Phi) is 8.17. The fourth-order valence-electron chi connectivity index (χ4n) is 9.43. The zero-order valence-electron chi connectivity index (χ0n) is 33.2. The van der Waals surface area contributed by atoms with Crippen LogP contribution in [0, 0.1) is 0 Å². The molecule has 0 saturated heterocycles. The number of hydrogen-bond acceptors (Lipinski definition) is 2. The normalized spacial score (nSPS) is 11.6. The number of benzene rings is 10. The van der Waals surface area contributed by atoms with E-state index >= 15 is 0 Å². The van der Waals surface area contributed by atoms with Crippen molar-refractivity contribution in [2.75, 3.05) is 4.90 Å². The van der Waals surface area contributed by atoms with Gasteiger partial charge in [0, 0.05) is 44.2 Å². The molecule has 0 saturated carbocycles. The van der Waals surface area contributed by atoms with Crippen LogP contribution < -0.4 is 4.90 Å². The van der Waals surface area contributed by atoms with Gasteiger partial charge in [0.25, 0.3) is 0 Å². The maximum atomic E-state index is 6.31. The van der Waals surface area contributed by atoms with Crippen molar-refractivity contribution in [1.29, 1.82) is 0 Å². The van der Waals surface area contributed by atoms with Gasteiger partial charge in [0.1, 0.15) is 11.2 Å². The Balaban J connectivity index is 1.10. The number of nitrogens with zero attached hydrogens (tertiary/aromatic N) is 2. The Morgan fingerprint density at radius 2 is 0.934 bits per heavy atom. The molecular formula is C58H38N2O. The molecule has 61 heavy (non-hydrogen) atoms. The van der Waals surface area contributed by atoms with Crippen molar-refractivity contribution >= 4 is 71.6 Å². The van der Waals surface area contributed by atoms with E-state index in [9.17, 15) is 0 Å². The first-order valence-electron chi connectivity index (χ1n) is 20.8. The summed E-state index contributed by atoms with van der Waals surface area (Å²) in [6.45, 7) is 0. The Morgan fingerprint density at radius 1 is 0.344 bits per heavy atom. The summed E-state index contributed by atoms with van der Waals surface area (Å²) in [6, 6.07) is 83.1. The zero-order valence-corrected chi connectivity index (χ0v) is 33.2. The molecule has 0 aliphatic rings. The Morgan fingerprint density at radius 3 is 1.74 bits per heavy atom. The number of rotatable bonds is 7. The average molecular weight is 779 g/mol. The fraction of sp³-hybridized carbons (Fsp3) is 0. The van der Waals surface area contributed by atoms with Crippen LogP contribution >= 0.6 is 0 Å². The molecule has 2 heterocycles. The number of fused-ring (bicyclic) bond motifs is 7. The quantitative estimate of drug-likeness (QED) is 0.161. The molecule has 0 bridgehead atoms. The smallest absolute Gasteiger partial charge is 0.136 e. The lowest BCUT2D eigenvalue weighted by Crippen LogP contribution is -2.12. The molecular weight excluding hydrogens is 741 g/mol. The van der Waals surface area contributed by atoms with Crippen molar-refractivity contribution in [2.45, 2.75) is 0 Å². The zero-order chi connectivity index (χ0) is 40.3. The fourth-order valence-corrected chi connectivity index (χ4v) is 9.43. The van der Waals surface area contributed by atoms with Crippen molar-refractivity contribution < 1.29 is 4.42 Å². The summed E-state index contributed by atoms with van der Waals surface area (Å²) in [5.41, 5.74) is 15.4. The van der Waals surface area contributed by atoms with E-state index in [1.54, 1.807) is 0 Å². The standard InChI is InChI=1S/C58H38N2O/c1-2-15-40(16-3-1)48-36-33-42(47-25-12-18-39-17-4-5-21-46(39)47)37-55(48)59(43-34-31-41(32-35-43)49-26-14-30-57-58(49)52-24-8-11-29-56(52)61-57)44-19-13-20-45(38-44)60-53-27-9-6-22-50(53)51-23-7-10-28-54(51)60/h1-38H. The van der Waals surface area contributed by atoms with Gasteiger partial charge in [-0.25, -0.2) is 0 Å². The van der Waals surface area contributed by atoms with Crippen LogP contribution in [0.15, 0.2) is 235 Å². The first kappa shape index (κ1) is 34.9. The molecule has 3 heteroatoms. The second-order valence-electron chi connectivity index (χ2n) is 15.7. The van der Waals surface area contributed by atoms with E-state index in [0.29, 0.717) is 0 Å². The summed E-state index contributed by atoms with van der Waals surface area (Å²) in [6.07, 6.45) is 0. The number of hydrogen-bond donors (Lipinski definition) is 0. The number of aromatic nitrogens is 1. The van der Waals surface area contributed by atoms with Crippen LogP contribution in [0.2, 0.25) is 0 Å². The lowest BCUT2D eigenvalue weighted by atomic mass is 9.94. The molecule has 0 unspecified atom stereocenters. The maximum Gasteiger partial charge on any atom is 0.136 e. The molecule has 12 aromatic rings. The molecule has 0 atom stereocenters. The minimum absolute atomic E-state index is 0.893. The Bertz CT molecular complexity index is 3540. The largest absolute Gasteiger partial charge is 0.456 e. The van der Waals surface area contributed by atoms with Crippen molar-refractivity contribution in [3.63, 3.8) is 0 Å². The highest BCUT2D eigenvalue weighted by molar-refractivity contribution is 6.13. The molecule has 0 aliphatic carbocycles. The molecule has 0 radical (unpaired) electrons. The first-order chi connectivity index (χ1) is 30.3. The molecule has 286 valence electrons. The molecule has 0 fully saturated rings. The average Bonchev–Trinajstić information content (AvgIpc) is 3.88. The Labute approximate surface area is 353 Å². The monoisotopic (exact) mass is 778 g/mol. The van der Waals surface area contributed by atoms with E-state index in [2.05, 4.69) is 228 Å². The molecule has 12 rings (SSSR count). The summed E-state index contributed by atoms with van der Waals surface area (Å²) in [4.78, 5) is 2.44. The van der Waals surface area contributed by atoms with Crippen molar-refractivity contribution in [2.24, 2.45) is 0 Å². The summed E-state index contributed by atoms with van der Waals surface area (Å²) in [7, 11) is 0. The topological polar surface area (TPSA) is 21.3 Å². The van der Waals surface area contributed by atoms with Crippen LogP contribution in [-0.4, -0.2) is 4.57 Å². The third kappa shape index (κ3) is 5.82. The van der Waals surface area contributed by atoms with E-state index in [1.807, 2.05) is 12.1 Å². The molecule has 0 N–H and O–H groups in total. The van der Waals surface area contributed by atoms with Gasteiger partial charge in [0.2, 0.25) is 0 Å². The first-order valence-corrected chi connectivity index (χ1v) is 20.8. The predicted molar refractivity (Wildman–Crippen MR) is 257 cm³/mol. The van der Waals surface area contributed by atoms with E-state index < -0.39 is 0 Å². The van der Waals surface area contributed by atoms with Crippen molar-refractivity contribution in [3.05, 3.63) is 231 Å². The summed E-state index contributed by atoms with van der Waals surface area (Å²) in [5.74, 6) is 0. The van der Waals surface area contributed by atoms with Gasteiger partial charge in [-0.3, -0.25) is 0 Å². The summed E-state index contributed by atoms with van der Waals surface area (Å²) in [5, 5.41) is 7.19. The second-order valence-corrected chi connectivity index (χ2v) is 15.7. The van der Waals surface area contributed by atoms with Crippen molar-refractivity contribution in [1.82, 2.24) is 4.57 Å². The third-order valence-electron chi connectivity index (χ3n) is 12.2. The van der Waals surface area contributed by atoms with Crippen LogP contribution in [0.3, 0.4) is 0 Å². The summed E-state index contributed by atoms with van der Waals surface area (Å²) >= 11 is 0. The van der Waals surface area contributed by atoms with E-state index in [1.165, 1.54) is 38.1 Å². The highest BCUT2D eigenvalue weighted by Gasteiger charge is 2.21. The molecule has 2 aromatic heterocycles. The SMILES string of the molecule is c1ccc(-c2ccc(-c3cccc4ccccc34)cc2N(c2ccc(-c3cccc4oc5ccccc5c34)cc2)c2cccc(-n3c4ccccc4c4ccccc43)c2)cc1. The van der Waals surface area contributed by atoms with Gasteiger partial charge in [0.15, 0.2) is 0 Å². The van der Waals surface area contributed by atoms with Crippen LogP contribution in [0.5, 0.6) is 0 Å². The van der Waals surface area contributed by atoms with Gasteiger partial charge in [-0.1, -0.05) is 170 Å². The van der Waals surface area contributed by atoms with Crippen LogP contribution in [0.1, 0.15) is 0 Å². The highest BCUT2D eigenvalue weighted by atomic mass is 16.3. The lowest BCUT2D eigenvalue weighted by molar-refractivity contribution is 0.669. The van der Waals surface area contributed by atoms with Gasteiger partial charge < -0.3 is 13.9 Å². The van der Waals surface area contributed by atoms with E-state index in [-0.39, 0.29) is 0 Å². The molecule has 0 spiro atoms. The molecule has 0 amide bonds. The van der Waals surface area contributed by atoms with Gasteiger partial charge in [-0.05, 0) is 99.3 Å². The molecule has 0 aliphatic heterocycles. The lowest BCUT2D eigenvalue weighted by Gasteiger charge is -2.29. The van der Waals surface area contributed by atoms with Crippen LogP contribution in [-0.2, 0) is 0 Å².